The number of hydrogen-bond donors (Lipinski definition) is 1. The summed E-state index contributed by atoms with van der Waals surface area (Å²) in [6.45, 7) is 0.270. The van der Waals surface area contributed by atoms with Gasteiger partial charge in [0.1, 0.15) is 0 Å². The average Bonchev–Trinajstić information content (AvgIpc) is 3.01. The second kappa shape index (κ2) is 3.14. The lowest BCUT2D eigenvalue weighted by Crippen LogP contribution is -2.28. The van der Waals surface area contributed by atoms with Crippen LogP contribution < -0.4 is 10.4 Å². The zero-order valence-corrected chi connectivity index (χ0v) is 8.84. The van der Waals surface area contributed by atoms with E-state index >= 15 is 0 Å². The van der Waals surface area contributed by atoms with Gasteiger partial charge in [0.2, 0.25) is 0 Å². The number of halogens is 1. The molecular formula is C11H10ClN2O-. The first-order valence-corrected chi connectivity index (χ1v) is 5.44. The van der Waals surface area contributed by atoms with E-state index in [1.807, 2.05) is 12.1 Å². The maximum atomic E-state index is 11.1. The Morgan fingerprint density at radius 1 is 1.40 bits per heavy atom. The first kappa shape index (κ1) is 9.04. The third kappa shape index (κ3) is 1.57. The molecule has 0 unspecified atom stereocenters. The normalized spacial score (nSPS) is 19.1. The summed E-state index contributed by atoms with van der Waals surface area (Å²) in [4.78, 5) is 4.00. The van der Waals surface area contributed by atoms with Crippen molar-refractivity contribution in [3.8, 4) is 0 Å². The summed E-state index contributed by atoms with van der Waals surface area (Å²) in [6, 6.07) is 3.82. The van der Waals surface area contributed by atoms with E-state index in [1.165, 1.54) is 12.8 Å². The third-order valence-electron chi connectivity index (χ3n) is 2.81. The molecule has 4 heteroatoms. The number of fused-ring (bicyclic) bond motifs is 1. The summed E-state index contributed by atoms with van der Waals surface area (Å²) in [6.07, 6.45) is 2.39. The van der Waals surface area contributed by atoms with Gasteiger partial charge in [-0.1, -0.05) is 11.6 Å². The highest BCUT2D eigenvalue weighted by Gasteiger charge is 2.27. The largest absolute Gasteiger partial charge is 0.860 e. The molecule has 2 aliphatic rings. The maximum absolute atomic E-state index is 11.1. The Balaban J connectivity index is 2.11. The summed E-state index contributed by atoms with van der Waals surface area (Å²) >= 11 is 6.17. The van der Waals surface area contributed by atoms with Crippen LogP contribution in [-0.2, 0) is 0 Å². The van der Waals surface area contributed by atoms with Crippen LogP contribution in [0.5, 0.6) is 0 Å². The molecule has 15 heavy (non-hydrogen) atoms. The number of rotatable bonds is 1. The lowest BCUT2D eigenvalue weighted by atomic mass is 10.1. The standard InChI is InChI=1S/C11H11ClN2O/c12-8-4-9-10(14-11(15)5-13-9)3-7(8)6-1-2-6/h3-4,6,13H,1-2,5H2,(H,14,15)/p-1. The minimum Gasteiger partial charge on any atom is -0.860 e. The highest BCUT2D eigenvalue weighted by Crippen LogP contribution is 2.46. The second-order valence-electron chi connectivity index (χ2n) is 4.02. The molecule has 0 spiro atoms. The van der Waals surface area contributed by atoms with Crippen molar-refractivity contribution in [3.05, 3.63) is 22.7 Å². The maximum Gasteiger partial charge on any atom is 0.0854 e. The van der Waals surface area contributed by atoms with Crippen LogP contribution in [0.3, 0.4) is 0 Å². The molecule has 1 heterocycles. The SMILES string of the molecule is [O-]C1=Nc2cc(C3CC3)c(Cl)cc2NC1. The smallest absolute Gasteiger partial charge is 0.0854 e. The van der Waals surface area contributed by atoms with Crippen molar-refractivity contribution in [2.24, 2.45) is 4.99 Å². The van der Waals surface area contributed by atoms with Gasteiger partial charge in [0.15, 0.2) is 0 Å². The molecule has 1 saturated carbocycles. The Morgan fingerprint density at radius 3 is 2.93 bits per heavy atom. The minimum atomic E-state index is -0.119. The molecule has 3 nitrogen and oxygen atoms in total. The number of hydrogen-bond acceptors (Lipinski definition) is 3. The van der Waals surface area contributed by atoms with E-state index in [0.29, 0.717) is 5.92 Å². The van der Waals surface area contributed by atoms with Crippen LogP contribution in [0.2, 0.25) is 5.02 Å². The van der Waals surface area contributed by atoms with Crippen molar-refractivity contribution < 1.29 is 5.11 Å². The van der Waals surface area contributed by atoms with Crippen LogP contribution in [0.15, 0.2) is 17.1 Å². The van der Waals surface area contributed by atoms with Crippen molar-refractivity contribution >= 4 is 28.9 Å². The van der Waals surface area contributed by atoms with Gasteiger partial charge in [-0.2, -0.15) is 0 Å². The van der Waals surface area contributed by atoms with Crippen molar-refractivity contribution in [3.63, 3.8) is 0 Å². The fourth-order valence-electron chi connectivity index (χ4n) is 1.86. The van der Waals surface area contributed by atoms with Gasteiger partial charge in [-0.05, 0) is 42.4 Å². The lowest BCUT2D eigenvalue weighted by Gasteiger charge is -2.21. The van der Waals surface area contributed by atoms with Crippen molar-refractivity contribution in [2.45, 2.75) is 18.8 Å². The third-order valence-corrected chi connectivity index (χ3v) is 3.13. The van der Waals surface area contributed by atoms with Gasteiger partial charge in [-0.25, -0.2) is 0 Å². The Labute approximate surface area is 92.8 Å². The minimum absolute atomic E-state index is 0.119. The van der Waals surface area contributed by atoms with Crippen molar-refractivity contribution in [1.29, 1.82) is 0 Å². The zero-order chi connectivity index (χ0) is 10.4. The topological polar surface area (TPSA) is 47.5 Å². The Bertz CT molecular complexity index is 452. The Kier molecular flexibility index (Phi) is 1.89. The first-order chi connectivity index (χ1) is 7.24. The molecule has 78 valence electrons. The van der Waals surface area contributed by atoms with E-state index in [2.05, 4.69) is 10.3 Å². The summed E-state index contributed by atoms with van der Waals surface area (Å²) in [5.41, 5.74) is 2.73. The molecule has 1 N–H and O–H groups in total. The molecular weight excluding hydrogens is 212 g/mol. The highest BCUT2D eigenvalue weighted by atomic mass is 35.5. The molecule has 0 atom stereocenters. The van der Waals surface area contributed by atoms with Gasteiger partial charge in [0.25, 0.3) is 0 Å². The quantitative estimate of drug-likeness (QED) is 0.789. The monoisotopic (exact) mass is 221 g/mol. The number of aliphatic imine (C=N–C) groups is 1. The highest BCUT2D eigenvalue weighted by molar-refractivity contribution is 6.32. The molecule has 1 fully saturated rings. The molecule has 0 bridgehead atoms. The van der Waals surface area contributed by atoms with Crippen LogP contribution >= 0.6 is 11.6 Å². The van der Waals surface area contributed by atoms with Gasteiger partial charge in [-0.15, -0.1) is 0 Å². The average molecular weight is 222 g/mol. The predicted octanol–water partition coefficient (Wildman–Crippen LogP) is 2.03. The summed E-state index contributed by atoms with van der Waals surface area (Å²) in [5, 5.41) is 14.9. The van der Waals surface area contributed by atoms with E-state index in [1.54, 1.807) is 0 Å². The van der Waals surface area contributed by atoms with Crippen LogP contribution in [0.25, 0.3) is 0 Å². The van der Waals surface area contributed by atoms with E-state index < -0.39 is 0 Å². The predicted molar refractivity (Wildman–Crippen MR) is 59.0 cm³/mol. The van der Waals surface area contributed by atoms with Crippen LogP contribution in [0.1, 0.15) is 24.3 Å². The van der Waals surface area contributed by atoms with E-state index in [0.717, 1.165) is 22.0 Å². The molecule has 1 aliphatic heterocycles. The van der Waals surface area contributed by atoms with Gasteiger partial charge in [0, 0.05) is 11.6 Å². The molecule has 0 amide bonds. The van der Waals surface area contributed by atoms with Crippen molar-refractivity contribution in [2.75, 3.05) is 11.9 Å². The molecule has 0 radical (unpaired) electrons. The van der Waals surface area contributed by atoms with Crippen LogP contribution in [0.4, 0.5) is 11.4 Å². The number of benzene rings is 1. The molecule has 0 aromatic heterocycles. The van der Waals surface area contributed by atoms with Gasteiger partial charge < -0.3 is 10.4 Å². The molecule has 1 aromatic carbocycles. The Morgan fingerprint density at radius 2 is 2.20 bits per heavy atom. The van der Waals surface area contributed by atoms with E-state index in [-0.39, 0.29) is 12.4 Å². The summed E-state index contributed by atoms with van der Waals surface area (Å²) in [7, 11) is 0. The fourth-order valence-corrected chi connectivity index (χ4v) is 2.18. The van der Waals surface area contributed by atoms with Crippen molar-refractivity contribution in [1.82, 2.24) is 0 Å². The van der Waals surface area contributed by atoms with E-state index in [9.17, 15) is 5.11 Å². The molecule has 1 aromatic rings. The van der Waals surface area contributed by atoms with Crippen LogP contribution in [-0.4, -0.2) is 12.4 Å². The molecule has 1 aliphatic carbocycles. The summed E-state index contributed by atoms with van der Waals surface area (Å²) in [5.74, 6) is 0.460. The van der Waals surface area contributed by atoms with Gasteiger partial charge in [-0.3, -0.25) is 4.99 Å². The molecule has 0 saturated heterocycles. The van der Waals surface area contributed by atoms with Gasteiger partial charge in [0.05, 0.1) is 11.4 Å². The fraction of sp³-hybridized carbons (Fsp3) is 0.364. The first-order valence-electron chi connectivity index (χ1n) is 5.06. The number of nitrogens with zero attached hydrogens (tertiary/aromatic N) is 1. The number of nitrogens with one attached hydrogen (secondary N) is 1. The summed E-state index contributed by atoms with van der Waals surface area (Å²) < 4.78 is 0. The molecule has 3 rings (SSSR count). The second-order valence-corrected chi connectivity index (χ2v) is 4.43. The zero-order valence-electron chi connectivity index (χ0n) is 8.09. The number of anilines is 1. The van der Waals surface area contributed by atoms with Crippen LogP contribution in [0, 0.1) is 0 Å². The lowest BCUT2D eigenvalue weighted by molar-refractivity contribution is -0.216. The van der Waals surface area contributed by atoms with E-state index in [4.69, 9.17) is 11.6 Å². The van der Waals surface area contributed by atoms with Gasteiger partial charge >= 0.3 is 0 Å². The Hall–Kier alpha value is -1.22.